The smallest absolute Gasteiger partial charge is 0.226 e. The largest absolute Gasteiger partial charge is 0.395 e. The molecule has 1 aromatic carbocycles. The zero-order valence-corrected chi connectivity index (χ0v) is 10.1. The average Bonchev–Trinajstić information content (AvgIpc) is 2.96. The number of aromatic nitrogens is 2. The van der Waals surface area contributed by atoms with Crippen LogP contribution in [0.1, 0.15) is 5.56 Å². The molecule has 0 saturated heterocycles. The lowest BCUT2D eigenvalue weighted by Gasteiger charge is -2.13. The first-order valence-corrected chi connectivity index (χ1v) is 5.82. The van der Waals surface area contributed by atoms with Gasteiger partial charge in [0.15, 0.2) is 0 Å². The number of rotatable bonds is 3. The average molecular weight is 256 g/mol. The normalized spacial score (nSPS) is 13.6. The highest BCUT2D eigenvalue weighted by Gasteiger charge is 2.13. The Morgan fingerprint density at radius 3 is 2.79 bits per heavy atom. The van der Waals surface area contributed by atoms with Crippen LogP contribution in [0.5, 0.6) is 0 Å². The molecule has 0 atom stereocenters. The second kappa shape index (κ2) is 4.95. The molecule has 1 N–H and O–H groups in total. The van der Waals surface area contributed by atoms with Gasteiger partial charge < -0.3 is 4.84 Å². The lowest BCUT2D eigenvalue weighted by molar-refractivity contribution is 0.158. The van der Waals surface area contributed by atoms with Gasteiger partial charge in [-0.1, -0.05) is 35.9 Å². The van der Waals surface area contributed by atoms with Gasteiger partial charge in [-0.25, -0.2) is 5.01 Å². The molecule has 1 aromatic heterocycles. The molecule has 0 bridgehead atoms. The SMILES string of the molecule is O=c1ccn(Cc2ccccc2)nc1N1C=CON1. The van der Waals surface area contributed by atoms with Crippen LogP contribution < -0.4 is 16.0 Å². The Bertz CT molecular complexity index is 651. The molecular formula is C13H12N4O2. The van der Waals surface area contributed by atoms with Gasteiger partial charge in [-0.15, -0.1) is 5.10 Å². The topological polar surface area (TPSA) is 59.4 Å². The first-order chi connectivity index (χ1) is 9.33. The minimum Gasteiger partial charge on any atom is -0.395 e. The highest BCUT2D eigenvalue weighted by Crippen LogP contribution is 2.07. The number of hydrogen-bond donors (Lipinski definition) is 1. The Morgan fingerprint density at radius 2 is 2.05 bits per heavy atom. The van der Waals surface area contributed by atoms with Crippen LogP contribution in [0.25, 0.3) is 0 Å². The maximum atomic E-state index is 11.8. The molecular weight excluding hydrogens is 244 g/mol. The minimum absolute atomic E-state index is 0.174. The third kappa shape index (κ3) is 2.48. The maximum absolute atomic E-state index is 11.8. The Balaban J connectivity index is 1.89. The summed E-state index contributed by atoms with van der Waals surface area (Å²) in [5, 5.41) is 5.72. The van der Waals surface area contributed by atoms with E-state index in [1.807, 2.05) is 30.3 Å². The summed E-state index contributed by atoms with van der Waals surface area (Å²) >= 11 is 0. The lowest BCUT2D eigenvalue weighted by Crippen LogP contribution is -2.33. The van der Waals surface area contributed by atoms with Gasteiger partial charge in [0.1, 0.15) is 6.26 Å². The van der Waals surface area contributed by atoms with E-state index in [-0.39, 0.29) is 11.2 Å². The van der Waals surface area contributed by atoms with Crippen molar-refractivity contribution in [3.8, 4) is 0 Å². The molecule has 1 aliphatic rings. The molecule has 6 heteroatoms. The van der Waals surface area contributed by atoms with E-state index in [0.29, 0.717) is 6.54 Å². The monoisotopic (exact) mass is 256 g/mol. The predicted octanol–water partition coefficient (Wildman–Crippen LogP) is 1.02. The number of anilines is 1. The predicted molar refractivity (Wildman–Crippen MR) is 69.9 cm³/mol. The van der Waals surface area contributed by atoms with Crippen LogP contribution >= 0.6 is 0 Å². The van der Waals surface area contributed by atoms with E-state index in [4.69, 9.17) is 4.84 Å². The molecule has 0 amide bonds. The lowest BCUT2D eigenvalue weighted by atomic mass is 10.2. The van der Waals surface area contributed by atoms with Gasteiger partial charge in [0, 0.05) is 12.3 Å². The van der Waals surface area contributed by atoms with Crippen molar-refractivity contribution in [2.24, 2.45) is 0 Å². The Hall–Kier alpha value is -2.60. The molecule has 6 nitrogen and oxygen atoms in total. The molecule has 96 valence electrons. The summed E-state index contributed by atoms with van der Waals surface area (Å²) in [6, 6.07) is 11.4. The van der Waals surface area contributed by atoms with E-state index in [1.54, 1.807) is 17.1 Å². The molecule has 0 radical (unpaired) electrons. The molecule has 3 rings (SSSR count). The van der Waals surface area contributed by atoms with E-state index >= 15 is 0 Å². The van der Waals surface area contributed by atoms with Gasteiger partial charge in [0.25, 0.3) is 0 Å². The van der Waals surface area contributed by atoms with Crippen molar-refractivity contribution < 1.29 is 4.84 Å². The van der Waals surface area contributed by atoms with Crippen LogP contribution in [-0.4, -0.2) is 9.78 Å². The van der Waals surface area contributed by atoms with Gasteiger partial charge in [0.05, 0.1) is 12.7 Å². The van der Waals surface area contributed by atoms with Crippen molar-refractivity contribution in [3.63, 3.8) is 0 Å². The fourth-order valence-electron chi connectivity index (χ4n) is 1.78. The summed E-state index contributed by atoms with van der Waals surface area (Å²) < 4.78 is 1.71. The molecule has 19 heavy (non-hydrogen) atoms. The zero-order chi connectivity index (χ0) is 13.1. The van der Waals surface area contributed by atoms with Crippen LogP contribution in [0, 0.1) is 0 Å². The standard InChI is InChI=1S/C13H12N4O2/c18-12-6-7-16(10-11-4-2-1-3-5-11)14-13(12)17-8-9-19-15-17/h1-9,15H,10H2. The first kappa shape index (κ1) is 11.5. The van der Waals surface area contributed by atoms with Crippen LogP contribution in [0.2, 0.25) is 0 Å². The summed E-state index contributed by atoms with van der Waals surface area (Å²) in [5.74, 6) is 0.271. The number of hydrazine groups is 1. The van der Waals surface area contributed by atoms with E-state index < -0.39 is 0 Å². The van der Waals surface area contributed by atoms with Crippen molar-refractivity contribution in [3.05, 3.63) is 70.8 Å². The minimum atomic E-state index is -0.174. The van der Waals surface area contributed by atoms with Crippen LogP contribution in [0.15, 0.2) is 59.9 Å². The van der Waals surface area contributed by atoms with E-state index in [1.165, 1.54) is 17.3 Å². The molecule has 2 heterocycles. The van der Waals surface area contributed by atoms with Crippen molar-refractivity contribution in [1.29, 1.82) is 0 Å². The maximum Gasteiger partial charge on any atom is 0.226 e. The summed E-state index contributed by atoms with van der Waals surface area (Å²) in [4.78, 5) is 16.6. The number of nitrogens with zero attached hydrogens (tertiary/aromatic N) is 3. The summed E-state index contributed by atoms with van der Waals surface area (Å²) in [7, 11) is 0. The third-order valence-corrected chi connectivity index (χ3v) is 2.69. The van der Waals surface area contributed by atoms with Crippen LogP contribution in [0.3, 0.4) is 0 Å². The van der Waals surface area contributed by atoms with E-state index in [2.05, 4.69) is 10.7 Å². The highest BCUT2D eigenvalue weighted by molar-refractivity contribution is 5.39. The number of hydrogen-bond acceptors (Lipinski definition) is 5. The Labute approximate surface area is 109 Å². The second-order valence-electron chi connectivity index (χ2n) is 4.05. The fourth-order valence-corrected chi connectivity index (χ4v) is 1.78. The van der Waals surface area contributed by atoms with E-state index in [9.17, 15) is 4.79 Å². The van der Waals surface area contributed by atoms with Crippen molar-refractivity contribution in [1.82, 2.24) is 15.4 Å². The third-order valence-electron chi connectivity index (χ3n) is 2.69. The van der Waals surface area contributed by atoms with Crippen molar-refractivity contribution >= 4 is 5.82 Å². The van der Waals surface area contributed by atoms with Gasteiger partial charge in [-0.05, 0) is 5.56 Å². The fraction of sp³-hybridized carbons (Fsp3) is 0.0769. The molecule has 0 aliphatic carbocycles. The van der Waals surface area contributed by atoms with Gasteiger partial charge in [0.2, 0.25) is 11.2 Å². The molecule has 0 fully saturated rings. The molecule has 0 saturated carbocycles. The number of nitrogens with one attached hydrogen (secondary N) is 1. The summed E-state index contributed by atoms with van der Waals surface area (Å²) in [6.45, 7) is 0.604. The van der Waals surface area contributed by atoms with Crippen LogP contribution in [0.4, 0.5) is 5.82 Å². The van der Waals surface area contributed by atoms with E-state index in [0.717, 1.165) is 5.56 Å². The van der Waals surface area contributed by atoms with Crippen molar-refractivity contribution in [2.45, 2.75) is 6.54 Å². The zero-order valence-electron chi connectivity index (χ0n) is 10.1. The van der Waals surface area contributed by atoms with Crippen LogP contribution in [-0.2, 0) is 11.4 Å². The van der Waals surface area contributed by atoms with Gasteiger partial charge in [-0.3, -0.25) is 9.48 Å². The Kier molecular flexibility index (Phi) is 2.99. The molecule has 2 aromatic rings. The Morgan fingerprint density at radius 1 is 1.21 bits per heavy atom. The van der Waals surface area contributed by atoms with Gasteiger partial charge >= 0.3 is 0 Å². The number of benzene rings is 1. The quantitative estimate of drug-likeness (QED) is 0.888. The molecule has 1 aliphatic heterocycles. The molecule has 0 unspecified atom stereocenters. The molecule has 0 spiro atoms. The van der Waals surface area contributed by atoms with Gasteiger partial charge in [-0.2, -0.15) is 0 Å². The second-order valence-corrected chi connectivity index (χ2v) is 4.05. The first-order valence-electron chi connectivity index (χ1n) is 5.82. The summed E-state index contributed by atoms with van der Waals surface area (Å²) in [5.41, 5.74) is 3.49. The summed E-state index contributed by atoms with van der Waals surface area (Å²) in [6.07, 6.45) is 4.70. The van der Waals surface area contributed by atoms with Crippen molar-refractivity contribution in [2.75, 3.05) is 5.01 Å². The highest BCUT2D eigenvalue weighted by atomic mass is 16.7.